The van der Waals surface area contributed by atoms with E-state index in [1.807, 2.05) is 19.1 Å². The molecule has 0 aliphatic carbocycles. The van der Waals surface area contributed by atoms with E-state index < -0.39 is 0 Å². The lowest BCUT2D eigenvalue weighted by Crippen LogP contribution is -2.44. The molecular formula is C19H26N4O. The monoisotopic (exact) mass is 326 g/mol. The van der Waals surface area contributed by atoms with E-state index in [4.69, 9.17) is 4.98 Å². The molecule has 5 nitrogen and oxygen atoms in total. The fourth-order valence-electron chi connectivity index (χ4n) is 3.28. The van der Waals surface area contributed by atoms with Crippen molar-refractivity contribution < 1.29 is 4.79 Å². The second-order valence-electron chi connectivity index (χ2n) is 6.59. The quantitative estimate of drug-likeness (QED) is 0.829. The highest BCUT2D eigenvalue weighted by Crippen LogP contribution is 2.28. The van der Waals surface area contributed by atoms with Crippen LogP contribution in [0.2, 0.25) is 0 Å². The number of nitrogens with one attached hydrogen (secondary N) is 1. The van der Waals surface area contributed by atoms with E-state index in [2.05, 4.69) is 34.3 Å². The van der Waals surface area contributed by atoms with Gasteiger partial charge in [-0.1, -0.05) is 13.3 Å². The minimum Gasteiger partial charge on any atom is -0.355 e. The van der Waals surface area contributed by atoms with Crippen molar-refractivity contribution >= 4 is 16.9 Å². The second kappa shape index (κ2) is 7.71. The highest BCUT2D eigenvalue weighted by molar-refractivity contribution is 5.81. The number of fused-ring (bicyclic) bond motifs is 1. The van der Waals surface area contributed by atoms with Crippen LogP contribution in [0.1, 0.15) is 44.7 Å². The van der Waals surface area contributed by atoms with Crippen LogP contribution in [0.5, 0.6) is 0 Å². The van der Waals surface area contributed by atoms with Crippen molar-refractivity contribution in [3.63, 3.8) is 0 Å². The average Bonchev–Trinajstić information content (AvgIpc) is 3.11. The molecule has 5 heteroatoms. The zero-order chi connectivity index (χ0) is 16.9. The molecule has 24 heavy (non-hydrogen) atoms. The van der Waals surface area contributed by atoms with Crippen LogP contribution >= 0.6 is 0 Å². The zero-order valence-electron chi connectivity index (χ0n) is 14.5. The van der Waals surface area contributed by atoms with E-state index in [0.717, 1.165) is 55.6 Å². The molecular weight excluding hydrogens is 300 g/mol. The summed E-state index contributed by atoms with van der Waals surface area (Å²) in [4.78, 5) is 23.6. The first-order valence-corrected chi connectivity index (χ1v) is 8.92. The number of likely N-dealkylation sites (tertiary alicyclic amines) is 1. The molecule has 0 radical (unpaired) electrons. The summed E-state index contributed by atoms with van der Waals surface area (Å²) in [6.07, 6.45) is 4.96. The lowest BCUT2D eigenvalue weighted by atomic mass is 10.0. The molecule has 2 atom stereocenters. The average molecular weight is 326 g/mol. The molecule has 128 valence electrons. The van der Waals surface area contributed by atoms with Crippen molar-refractivity contribution in [1.82, 2.24) is 20.2 Å². The summed E-state index contributed by atoms with van der Waals surface area (Å²) < 4.78 is 0. The van der Waals surface area contributed by atoms with Gasteiger partial charge >= 0.3 is 0 Å². The number of unbranched alkanes of at least 4 members (excludes halogenated alkanes) is 1. The third-order valence-corrected chi connectivity index (χ3v) is 4.88. The first-order valence-electron chi connectivity index (χ1n) is 8.92. The van der Waals surface area contributed by atoms with E-state index in [0.29, 0.717) is 5.92 Å². The summed E-state index contributed by atoms with van der Waals surface area (Å²) in [6, 6.07) is 8.08. The first-order chi connectivity index (χ1) is 11.7. The van der Waals surface area contributed by atoms with Gasteiger partial charge in [0.25, 0.3) is 0 Å². The molecule has 3 rings (SSSR count). The number of hydrogen-bond donors (Lipinski definition) is 1. The molecule has 1 aliphatic rings. The lowest BCUT2D eigenvalue weighted by molar-refractivity contribution is -0.125. The standard InChI is InChI=1S/C19H26N4O/c1-3-4-10-21-19(24)14(2)23-12-9-16(13-23)17-8-7-15-6-5-11-20-18(15)22-17/h5-8,11,14,16H,3-4,9-10,12-13H2,1-2H3,(H,21,24)/t14-,16-/m1/s1. The SMILES string of the molecule is CCCCNC(=O)[C@@H](C)N1CC[C@@H](c2ccc3cccnc3n2)C1. The molecule has 2 aromatic heterocycles. The predicted octanol–water partition coefficient (Wildman–Crippen LogP) is 2.72. The molecule has 1 fully saturated rings. The Balaban J connectivity index is 1.62. The Bertz CT molecular complexity index is 703. The number of carbonyl (C=O) groups excluding carboxylic acids is 1. The molecule has 1 amide bonds. The van der Waals surface area contributed by atoms with Gasteiger partial charge in [0, 0.05) is 36.3 Å². The van der Waals surface area contributed by atoms with Crippen LogP contribution in [0.25, 0.3) is 11.0 Å². The molecule has 2 aromatic rings. The van der Waals surface area contributed by atoms with Gasteiger partial charge in [0.05, 0.1) is 6.04 Å². The van der Waals surface area contributed by atoms with E-state index in [-0.39, 0.29) is 11.9 Å². The molecule has 3 heterocycles. The van der Waals surface area contributed by atoms with Crippen molar-refractivity contribution in [1.29, 1.82) is 0 Å². The number of aromatic nitrogens is 2. The van der Waals surface area contributed by atoms with Crippen LogP contribution in [0, 0.1) is 0 Å². The molecule has 0 unspecified atom stereocenters. The molecule has 0 bridgehead atoms. The summed E-state index contributed by atoms with van der Waals surface area (Å²) in [5.74, 6) is 0.513. The molecule has 1 saturated heterocycles. The minimum absolute atomic E-state index is 0.0783. The van der Waals surface area contributed by atoms with Gasteiger partial charge < -0.3 is 5.32 Å². The van der Waals surface area contributed by atoms with Gasteiger partial charge in [-0.25, -0.2) is 9.97 Å². The summed E-state index contributed by atoms with van der Waals surface area (Å²) in [7, 11) is 0. The maximum Gasteiger partial charge on any atom is 0.237 e. The molecule has 0 spiro atoms. The fraction of sp³-hybridized carbons (Fsp3) is 0.526. The Hall–Kier alpha value is -2.01. The van der Waals surface area contributed by atoms with Crippen molar-refractivity contribution in [2.24, 2.45) is 0 Å². The van der Waals surface area contributed by atoms with Gasteiger partial charge in [-0.15, -0.1) is 0 Å². The Labute approximate surface area is 143 Å². The van der Waals surface area contributed by atoms with Crippen LogP contribution in [0.4, 0.5) is 0 Å². The Morgan fingerprint density at radius 2 is 2.29 bits per heavy atom. The molecule has 0 saturated carbocycles. The minimum atomic E-state index is -0.0783. The van der Waals surface area contributed by atoms with E-state index in [9.17, 15) is 4.79 Å². The first kappa shape index (κ1) is 16.8. The Kier molecular flexibility index (Phi) is 5.41. The van der Waals surface area contributed by atoms with E-state index in [1.165, 1.54) is 0 Å². The highest BCUT2D eigenvalue weighted by atomic mass is 16.2. The van der Waals surface area contributed by atoms with Crippen LogP contribution in [0.15, 0.2) is 30.5 Å². The van der Waals surface area contributed by atoms with Crippen molar-refractivity contribution in [3.8, 4) is 0 Å². The van der Waals surface area contributed by atoms with Gasteiger partial charge in [0.2, 0.25) is 5.91 Å². The second-order valence-corrected chi connectivity index (χ2v) is 6.59. The lowest BCUT2D eigenvalue weighted by Gasteiger charge is -2.23. The summed E-state index contributed by atoms with van der Waals surface area (Å²) in [5, 5.41) is 4.10. The smallest absolute Gasteiger partial charge is 0.237 e. The molecule has 1 N–H and O–H groups in total. The number of nitrogens with zero attached hydrogens (tertiary/aromatic N) is 3. The number of amides is 1. The van der Waals surface area contributed by atoms with Crippen molar-refractivity contribution in [3.05, 3.63) is 36.2 Å². The van der Waals surface area contributed by atoms with Crippen LogP contribution in [-0.4, -0.2) is 46.5 Å². The topological polar surface area (TPSA) is 58.1 Å². The normalized spacial score (nSPS) is 19.5. The Morgan fingerprint density at radius 1 is 1.42 bits per heavy atom. The van der Waals surface area contributed by atoms with Crippen molar-refractivity contribution in [2.75, 3.05) is 19.6 Å². The van der Waals surface area contributed by atoms with E-state index in [1.54, 1.807) is 6.20 Å². The number of rotatable bonds is 6. The van der Waals surface area contributed by atoms with Crippen LogP contribution in [0.3, 0.4) is 0 Å². The fourth-order valence-corrected chi connectivity index (χ4v) is 3.28. The van der Waals surface area contributed by atoms with Gasteiger partial charge in [-0.05, 0) is 50.6 Å². The number of hydrogen-bond acceptors (Lipinski definition) is 4. The maximum absolute atomic E-state index is 12.2. The highest BCUT2D eigenvalue weighted by Gasteiger charge is 2.30. The third-order valence-electron chi connectivity index (χ3n) is 4.88. The largest absolute Gasteiger partial charge is 0.355 e. The Morgan fingerprint density at radius 3 is 3.12 bits per heavy atom. The number of pyridine rings is 2. The number of carbonyl (C=O) groups is 1. The van der Waals surface area contributed by atoms with Gasteiger partial charge in [0.15, 0.2) is 5.65 Å². The molecule has 0 aromatic carbocycles. The van der Waals surface area contributed by atoms with Gasteiger partial charge in [0.1, 0.15) is 0 Å². The van der Waals surface area contributed by atoms with E-state index >= 15 is 0 Å². The maximum atomic E-state index is 12.2. The predicted molar refractivity (Wildman–Crippen MR) is 95.8 cm³/mol. The molecule has 1 aliphatic heterocycles. The van der Waals surface area contributed by atoms with Crippen LogP contribution in [-0.2, 0) is 4.79 Å². The zero-order valence-corrected chi connectivity index (χ0v) is 14.5. The van der Waals surface area contributed by atoms with Gasteiger partial charge in [-0.3, -0.25) is 9.69 Å². The van der Waals surface area contributed by atoms with Gasteiger partial charge in [-0.2, -0.15) is 0 Å². The van der Waals surface area contributed by atoms with Crippen molar-refractivity contribution in [2.45, 2.75) is 45.1 Å². The summed E-state index contributed by atoms with van der Waals surface area (Å²) >= 11 is 0. The summed E-state index contributed by atoms with van der Waals surface area (Å²) in [5.41, 5.74) is 1.89. The third kappa shape index (κ3) is 3.73. The summed E-state index contributed by atoms with van der Waals surface area (Å²) in [6.45, 7) is 6.72. The van der Waals surface area contributed by atoms with Crippen LogP contribution < -0.4 is 5.32 Å².